The van der Waals surface area contributed by atoms with E-state index in [9.17, 15) is 25.0 Å². The van der Waals surface area contributed by atoms with Crippen LogP contribution < -0.4 is 5.32 Å². The molecule has 0 fully saturated rings. The third-order valence-electron chi connectivity index (χ3n) is 3.40. The van der Waals surface area contributed by atoms with Gasteiger partial charge in [0.15, 0.2) is 0 Å². The minimum absolute atomic E-state index is 0.0993. The van der Waals surface area contributed by atoms with E-state index >= 15 is 0 Å². The molecule has 2 rings (SSSR count). The predicted octanol–water partition coefficient (Wildman–Crippen LogP) is 3.79. The molecule has 1 N–H and O–H groups in total. The molecule has 0 unspecified atom stereocenters. The first-order valence-corrected chi connectivity index (χ1v) is 7.95. The van der Waals surface area contributed by atoms with Crippen molar-refractivity contribution in [2.45, 2.75) is 11.8 Å². The van der Waals surface area contributed by atoms with Crippen LogP contribution in [0.4, 0.5) is 17.1 Å². The average molecular weight is 347 g/mol. The number of hydrogen-bond donors (Lipinski definition) is 1. The van der Waals surface area contributed by atoms with Crippen LogP contribution in [0.5, 0.6) is 0 Å². The quantitative estimate of drug-likeness (QED) is 0.500. The Balaban J connectivity index is 2.42. The van der Waals surface area contributed by atoms with Gasteiger partial charge in [-0.15, -0.1) is 11.8 Å². The molecule has 0 spiro atoms. The lowest BCUT2D eigenvalue weighted by Gasteiger charge is -2.09. The normalized spacial score (nSPS) is 10.2. The fourth-order valence-corrected chi connectivity index (χ4v) is 2.57. The molecule has 0 aromatic heterocycles. The van der Waals surface area contributed by atoms with E-state index in [0.29, 0.717) is 4.90 Å². The second-order valence-corrected chi connectivity index (χ2v) is 5.68. The van der Waals surface area contributed by atoms with Crippen LogP contribution in [0, 0.1) is 27.2 Å². The molecule has 0 saturated carbocycles. The molecule has 24 heavy (non-hydrogen) atoms. The van der Waals surface area contributed by atoms with Gasteiger partial charge in [0.25, 0.3) is 17.3 Å². The molecule has 0 radical (unpaired) electrons. The van der Waals surface area contributed by atoms with Crippen molar-refractivity contribution in [2.24, 2.45) is 0 Å². The van der Waals surface area contributed by atoms with Crippen molar-refractivity contribution in [2.75, 3.05) is 11.6 Å². The van der Waals surface area contributed by atoms with Gasteiger partial charge in [0, 0.05) is 17.0 Å². The average Bonchev–Trinajstić information content (AvgIpc) is 2.55. The van der Waals surface area contributed by atoms with E-state index in [2.05, 4.69) is 5.32 Å². The summed E-state index contributed by atoms with van der Waals surface area (Å²) < 4.78 is 0. The highest BCUT2D eigenvalue weighted by atomic mass is 32.2. The molecule has 2 aromatic carbocycles. The number of amides is 1. The van der Waals surface area contributed by atoms with E-state index in [1.165, 1.54) is 49.0 Å². The summed E-state index contributed by atoms with van der Waals surface area (Å²) in [4.78, 5) is 34.0. The maximum atomic E-state index is 12.4. The maximum Gasteiger partial charge on any atom is 0.282 e. The Labute approximate surface area is 141 Å². The highest BCUT2D eigenvalue weighted by Gasteiger charge is 2.22. The Morgan fingerprint density at radius 3 is 2.33 bits per heavy atom. The van der Waals surface area contributed by atoms with Crippen LogP contribution in [-0.4, -0.2) is 22.0 Å². The summed E-state index contributed by atoms with van der Waals surface area (Å²) in [5, 5.41) is 24.6. The van der Waals surface area contributed by atoms with Crippen LogP contribution in [0.15, 0.2) is 41.3 Å². The van der Waals surface area contributed by atoms with E-state index in [-0.39, 0.29) is 28.2 Å². The number of hydrogen-bond acceptors (Lipinski definition) is 6. The number of nitrogens with one attached hydrogen (secondary N) is 1. The van der Waals surface area contributed by atoms with Gasteiger partial charge in [-0.25, -0.2) is 0 Å². The Kier molecular flexibility index (Phi) is 5.14. The summed E-state index contributed by atoms with van der Waals surface area (Å²) in [6.07, 6.45) is 1.79. The number of rotatable bonds is 5. The molecule has 0 aliphatic heterocycles. The summed E-state index contributed by atoms with van der Waals surface area (Å²) in [7, 11) is 0. The van der Waals surface area contributed by atoms with Crippen molar-refractivity contribution >= 4 is 34.7 Å². The van der Waals surface area contributed by atoms with Crippen molar-refractivity contribution in [3.8, 4) is 0 Å². The molecule has 8 nitrogen and oxygen atoms in total. The number of nitro benzene ring substituents is 2. The topological polar surface area (TPSA) is 115 Å². The zero-order chi connectivity index (χ0) is 17.9. The summed E-state index contributed by atoms with van der Waals surface area (Å²) in [6, 6.07) is 8.50. The van der Waals surface area contributed by atoms with Gasteiger partial charge in [-0.05, 0) is 31.4 Å². The molecule has 0 heterocycles. The first-order chi connectivity index (χ1) is 11.3. The van der Waals surface area contributed by atoms with Crippen molar-refractivity contribution in [1.29, 1.82) is 0 Å². The molecule has 1 amide bonds. The molecular weight excluding hydrogens is 334 g/mol. The number of thioether (sulfide) groups is 1. The smallest absolute Gasteiger partial charge is 0.282 e. The Hall–Kier alpha value is -2.94. The van der Waals surface area contributed by atoms with Crippen molar-refractivity contribution in [3.63, 3.8) is 0 Å². The first kappa shape index (κ1) is 17.4. The van der Waals surface area contributed by atoms with Crippen LogP contribution >= 0.6 is 11.8 Å². The second kappa shape index (κ2) is 7.09. The SMILES string of the molecule is CSc1ccc([N+](=O)[O-])c(C(=O)Nc2cccc([N+](=O)[O-])c2C)c1. The minimum Gasteiger partial charge on any atom is -0.321 e. The number of carbonyl (C=O) groups excluding carboxylic acids is 1. The number of nitro groups is 2. The number of anilines is 1. The molecule has 2 aromatic rings. The third-order valence-corrected chi connectivity index (χ3v) is 4.12. The lowest BCUT2D eigenvalue weighted by molar-refractivity contribution is -0.385. The Morgan fingerprint density at radius 1 is 1.08 bits per heavy atom. The fourth-order valence-electron chi connectivity index (χ4n) is 2.13. The molecular formula is C15H13N3O5S. The van der Waals surface area contributed by atoms with E-state index in [1.807, 2.05) is 0 Å². The summed E-state index contributed by atoms with van der Waals surface area (Å²) in [5.74, 6) is -0.693. The van der Waals surface area contributed by atoms with Crippen LogP contribution in [0.2, 0.25) is 0 Å². The van der Waals surface area contributed by atoms with Crippen molar-refractivity contribution in [1.82, 2.24) is 0 Å². The maximum absolute atomic E-state index is 12.4. The molecule has 0 bridgehead atoms. The molecule has 0 aliphatic carbocycles. The van der Waals surface area contributed by atoms with Crippen molar-refractivity contribution < 1.29 is 14.6 Å². The third kappa shape index (κ3) is 3.51. The summed E-state index contributed by atoms with van der Waals surface area (Å²) in [5.41, 5.74) is -0.0520. The van der Waals surface area contributed by atoms with Crippen LogP contribution in [-0.2, 0) is 0 Å². The summed E-state index contributed by atoms with van der Waals surface area (Å²) >= 11 is 1.34. The highest BCUT2D eigenvalue weighted by molar-refractivity contribution is 7.98. The van der Waals surface area contributed by atoms with Gasteiger partial charge < -0.3 is 5.32 Å². The second-order valence-electron chi connectivity index (χ2n) is 4.80. The van der Waals surface area contributed by atoms with Gasteiger partial charge in [-0.3, -0.25) is 25.0 Å². The van der Waals surface area contributed by atoms with Gasteiger partial charge in [-0.2, -0.15) is 0 Å². The fraction of sp³-hybridized carbons (Fsp3) is 0.133. The zero-order valence-electron chi connectivity index (χ0n) is 12.8. The number of benzene rings is 2. The largest absolute Gasteiger partial charge is 0.321 e. The molecule has 124 valence electrons. The van der Waals surface area contributed by atoms with Gasteiger partial charge >= 0.3 is 0 Å². The molecule has 9 heteroatoms. The van der Waals surface area contributed by atoms with Crippen LogP contribution in [0.1, 0.15) is 15.9 Å². The minimum atomic E-state index is -0.693. The van der Waals surface area contributed by atoms with Gasteiger partial charge in [0.1, 0.15) is 5.56 Å². The molecule has 0 saturated heterocycles. The molecule has 0 atom stereocenters. The van der Waals surface area contributed by atoms with Crippen LogP contribution in [0.25, 0.3) is 0 Å². The Morgan fingerprint density at radius 2 is 1.75 bits per heavy atom. The van der Waals surface area contributed by atoms with Gasteiger partial charge in [-0.1, -0.05) is 6.07 Å². The number of nitrogens with zero attached hydrogens (tertiary/aromatic N) is 2. The van der Waals surface area contributed by atoms with E-state index < -0.39 is 15.8 Å². The predicted molar refractivity (Wildman–Crippen MR) is 90.7 cm³/mol. The first-order valence-electron chi connectivity index (χ1n) is 6.73. The standard InChI is InChI=1S/C15H13N3O5S/c1-9-12(4-3-5-13(9)17(20)21)16-15(19)11-8-10(24-2)6-7-14(11)18(22)23/h3-8H,1-2H3,(H,16,19). The summed E-state index contributed by atoms with van der Waals surface area (Å²) in [6.45, 7) is 1.50. The highest BCUT2D eigenvalue weighted by Crippen LogP contribution is 2.28. The van der Waals surface area contributed by atoms with Crippen molar-refractivity contribution in [3.05, 3.63) is 67.8 Å². The lowest BCUT2D eigenvalue weighted by atomic mass is 10.1. The van der Waals surface area contributed by atoms with Crippen LogP contribution in [0.3, 0.4) is 0 Å². The van der Waals surface area contributed by atoms with Gasteiger partial charge in [0.05, 0.1) is 21.1 Å². The van der Waals surface area contributed by atoms with E-state index in [0.717, 1.165) is 0 Å². The monoisotopic (exact) mass is 347 g/mol. The number of carbonyl (C=O) groups is 1. The van der Waals surface area contributed by atoms with E-state index in [4.69, 9.17) is 0 Å². The molecule has 0 aliphatic rings. The van der Waals surface area contributed by atoms with E-state index in [1.54, 1.807) is 12.3 Å². The van der Waals surface area contributed by atoms with Gasteiger partial charge in [0.2, 0.25) is 0 Å². The lowest BCUT2D eigenvalue weighted by Crippen LogP contribution is -2.15. The zero-order valence-corrected chi connectivity index (χ0v) is 13.6. The Bertz CT molecular complexity index is 838.